The number of aromatic nitrogens is 1. The van der Waals surface area contributed by atoms with Crippen molar-refractivity contribution in [3.05, 3.63) is 22.4 Å². The maximum atomic E-state index is 12.4. The summed E-state index contributed by atoms with van der Waals surface area (Å²) in [6, 6.07) is 1.81. The Kier molecular flexibility index (Phi) is 4.82. The molecule has 20 heavy (non-hydrogen) atoms. The second-order valence-corrected chi connectivity index (χ2v) is 5.68. The van der Waals surface area contributed by atoms with E-state index in [-0.39, 0.29) is 18.4 Å². The minimum Gasteiger partial charge on any atom is -0.375 e. The van der Waals surface area contributed by atoms with Crippen LogP contribution in [0.5, 0.6) is 0 Å². The molecule has 1 fully saturated rings. The van der Waals surface area contributed by atoms with Crippen LogP contribution in [0.15, 0.2) is 16.7 Å². The molecule has 110 valence electrons. The Morgan fingerprint density at radius 2 is 1.85 bits per heavy atom. The number of carbonyl (C=O) groups is 2. The minimum absolute atomic E-state index is 0.00274. The number of halogens is 1. The van der Waals surface area contributed by atoms with Gasteiger partial charge in [0.05, 0.1) is 0 Å². The minimum atomic E-state index is -0.0267. The van der Waals surface area contributed by atoms with E-state index in [2.05, 4.69) is 15.9 Å². The summed E-state index contributed by atoms with van der Waals surface area (Å²) in [6.45, 7) is 2.31. The average Bonchev–Trinajstić information content (AvgIpc) is 2.77. The molecule has 0 aromatic carbocycles. The molecule has 1 aromatic heterocycles. The quantitative estimate of drug-likeness (QED) is 0.812. The lowest BCUT2D eigenvalue weighted by molar-refractivity contribution is -0.136. The first-order valence-corrected chi connectivity index (χ1v) is 7.20. The zero-order chi connectivity index (χ0) is 14.7. The maximum Gasteiger partial charge on any atom is 0.270 e. The van der Waals surface area contributed by atoms with Gasteiger partial charge in [0.1, 0.15) is 12.3 Å². The molecule has 0 saturated carbocycles. The number of hydrogen-bond acceptors (Lipinski definition) is 3. The molecule has 0 spiro atoms. The third-order valence-corrected chi connectivity index (χ3v) is 3.81. The molecular formula is C13H18BrN3O3. The number of ether oxygens (including phenoxy) is 1. The summed E-state index contributed by atoms with van der Waals surface area (Å²) in [7, 11) is 3.35. The van der Waals surface area contributed by atoms with Gasteiger partial charge in [0.15, 0.2) is 0 Å². The predicted octanol–water partition coefficient (Wildman–Crippen LogP) is 0.718. The summed E-state index contributed by atoms with van der Waals surface area (Å²) in [5, 5.41) is 0. The van der Waals surface area contributed by atoms with Crippen molar-refractivity contribution in [2.75, 3.05) is 39.9 Å². The highest BCUT2D eigenvalue weighted by Gasteiger charge is 2.25. The lowest BCUT2D eigenvalue weighted by Crippen LogP contribution is -2.51. The monoisotopic (exact) mass is 343 g/mol. The molecular weight excluding hydrogens is 326 g/mol. The van der Waals surface area contributed by atoms with E-state index in [4.69, 9.17) is 4.74 Å². The van der Waals surface area contributed by atoms with Crippen molar-refractivity contribution in [1.82, 2.24) is 14.4 Å². The summed E-state index contributed by atoms with van der Waals surface area (Å²) < 4.78 is 7.53. The normalized spacial score (nSPS) is 15.6. The molecule has 1 aliphatic heterocycles. The van der Waals surface area contributed by atoms with Crippen LogP contribution in [0.3, 0.4) is 0 Å². The van der Waals surface area contributed by atoms with Crippen LogP contribution in [0.1, 0.15) is 10.5 Å². The van der Waals surface area contributed by atoms with Gasteiger partial charge in [-0.25, -0.2) is 0 Å². The third-order valence-electron chi connectivity index (χ3n) is 3.38. The van der Waals surface area contributed by atoms with Crippen molar-refractivity contribution < 1.29 is 14.3 Å². The first kappa shape index (κ1) is 15.1. The molecule has 0 aliphatic carbocycles. The molecule has 1 saturated heterocycles. The van der Waals surface area contributed by atoms with Crippen molar-refractivity contribution in [3.8, 4) is 0 Å². The second-order valence-electron chi connectivity index (χ2n) is 4.76. The summed E-state index contributed by atoms with van der Waals surface area (Å²) in [4.78, 5) is 27.6. The molecule has 0 N–H and O–H groups in total. The number of carbonyl (C=O) groups excluding carboxylic acids is 2. The van der Waals surface area contributed by atoms with E-state index in [1.807, 2.05) is 19.3 Å². The molecule has 6 nitrogen and oxygen atoms in total. The summed E-state index contributed by atoms with van der Waals surface area (Å²) in [5.74, 6) is -0.0294. The topological polar surface area (TPSA) is 54.8 Å². The van der Waals surface area contributed by atoms with E-state index in [1.54, 1.807) is 14.4 Å². The van der Waals surface area contributed by atoms with Crippen LogP contribution in [-0.2, 0) is 16.6 Å². The van der Waals surface area contributed by atoms with Crippen LogP contribution in [0.4, 0.5) is 0 Å². The van der Waals surface area contributed by atoms with Gasteiger partial charge in [-0.15, -0.1) is 0 Å². The van der Waals surface area contributed by atoms with Crippen molar-refractivity contribution in [2.24, 2.45) is 7.05 Å². The number of rotatable bonds is 3. The Morgan fingerprint density at radius 1 is 1.25 bits per heavy atom. The molecule has 1 aliphatic rings. The van der Waals surface area contributed by atoms with Gasteiger partial charge in [-0.1, -0.05) is 0 Å². The number of hydrogen-bond donors (Lipinski definition) is 0. The van der Waals surface area contributed by atoms with Gasteiger partial charge in [0.25, 0.3) is 5.91 Å². The van der Waals surface area contributed by atoms with Crippen LogP contribution in [0.25, 0.3) is 0 Å². The second kappa shape index (κ2) is 6.41. The number of methoxy groups -OCH3 is 1. The van der Waals surface area contributed by atoms with Crippen molar-refractivity contribution in [3.63, 3.8) is 0 Å². The molecule has 0 atom stereocenters. The summed E-state index contributed by atoms with van der Waals surface area (Å²) in [5.41, 5.74) is 0.647. The zero-order valence-corrected chi connectivity index (χ0v) is 13.2. The highest BCUT2D eigenvalue weighted by Crippen LogP contribution is 2.16. The van der Waals surface area contributed by atoms with Gasteiger partial charge in [0, 0.05) is 51.0 Å². The fraction of sp³-hybridized carbons (Fsp3) is 0.538. The van der Waals surface area contributed by atoms with Crippen molar-refractivity contribution >= 4 is 27.7 Å². The van der Waals surface area contributed by atoms with E-state index in [9.17, 15) is 9.59 Å². The fourth-order valence-electron chi connectivity index (χ4n) is 2.27. The van der Waals surface area contributed by atoms with Gasteiger partial charge in [-0.05, 0) is 22.0 Å². The SMILES string of the molecule is COCC(=O)N1CCN(C(=O)c2cc(Br)cn2C)CC1. The first-order chi connectivity index (χ1) is 9.52. The van der Waals surface area contributed by atoms with E-state index < -0.39 is 0 Å². The van der Waals surface area contributed by atoms with Gasteiger partial charge in [-0.3, -0.25) is 9.59 Å². The molecule has 0 radical (unpaired) electrons. The predicted molar refractivity (Wildman–Crippen MR) is 77.5 cm³/mol. The summed E-state index contributed by atoms with van der Waals surface area (Å²) in [6.07, 6.45) is 1.85. The van der Waals surface area contributed by atoms with Gasteiger partial charge < -0.3 is 19.1 Å². The lowest BCUT2D eigenvalue weighted by atomic mass is 10.2. The Hall–Kier alpha value is -1.34. The van der Waals surface area contributed by atoms with E-state index >= 15 is 0 Å². The molecule has 0 unspecified atom stereocenters. The fourth-order valence-corrected chi connectivity index (χ4v) is 2.80. The third kappa shape index (κ3) is 3.21. The van der Waals surface area contributed by atoms with E-state index in [1.165, 1.54) is 7.11 Å². The number of piperazine rings is 1. The Balaban J connectivity index is 1.95. The molecule has 7 heteroatoms. The first-order valence-electron chi connectivity index (χ1n) is 6.40. The standard InChI is InChI=1S/C13H18BrN3O3/c1-15-8-10(14)7-11(15)13(19)17-5-3-16(4-6-17)12(18)9-20-2/h7-8H,3-6,9H2,1-2H3. The van der Waals surface area contributed by atoms with Crippen LogP contribution in [-0.4, -0.2) is 66.1 Å². The van der Waals surface area contributed by atoms with Crippen molar-refractivity contribution in [1.29, 1.82) is 0 Å². The molecule has 2 amide bonds. The highest BCUT2D eigenvalue weighted by molar-refractivity contribution is 9.10. The zero-order valence-electron chi connectivity index (χ0n) is 11.6. The highest BCUT2D eigenvalue weighted by atomic mass is 79.9. The Morgan fingerprint density at radius 3 is 2.35 bits per heavy atom. The molecule has 2 rings (SSSR count). The van der Waals surface area contributed by atoms with Gasteiger partial charge >= 0.3 is 0 Å². The van der Waals surface area contributed by atoms with Crippen molar-refractivity contribution in [2.45, 2.75) is 0 Å². The van der Waals surface area contributed by atoms with Crippen LogP contribution < -0.4 is 0 Å². The maximum absolute atomic E-state index is 12.4. The average molecular weight is 344 g/mol. The number of amides is 2. The van der Waals surface area contributed by atoms with E-state index in [0.29, 0.717) is 31.9 Å². The van der Waals surface area contributed by atoms with Gasteiger partial charge in [-0.2, -0.15) is 0 Å². The number of aryl methyl sites for hydroxylation is 1. The smallest absolute Gasteiger partial charge is 0.270 e. The van der Waals surface area contributed by atoms with Crippen LogP contribution in [0.2, 0.25) is 0 Å². The molecule has 0 bridgehead atoms. The number of nitrogens with zero attached hydrogens (tertiary/aromatic N) is 3. The summed E-state index contributed by atoms with van der Waals surface area (Å²) >= 11 is 3.36. The molecule has 2 heterocycles. The Labute approximate surface area is 126 Å². The van der Waals surface area contributed by atoms with Crippen LogP contribution in [0, 0.1) is 0 Å². The van der Waals surface area contributed by atoms with Crippen LogP contribution >= 0.6 is 15.9 Å². The Bertz CT molecular complexity index is 507. The van der Waals surface area contributed by atoms with Gasteiger partial charge in [0.2, 0.25) is 5.91 Å². The lowest BCUT2D eigenvalue weighted by Gasteiger charge is -2.34. The largest absolute Gasteiger partial charge is 0.375 e. The molecule has 1 aromatic rings. The van der Waals surface area contributed by atoms with E-state index in [0.717, 1.165) is 4.47 Å².